The molecule has 0 saturated carbocycles. The van der Waals surface area contributed by atoms with Gasteiger partial charge in [0, 0.05) is 37.7 Å². The third kappa shape index (κ3) is 3.74. The van der Waals surface area contributed by atoms with Crippen molar-refractivity contribution in [3.05, 3.63) is 83.7 Å². The highest BCUT2D eigenvalue weighted by Gasteiger charge is 2.21. The summed E-state index contributed by atoms with van der Waals surface area (Å²) in [5, 5.41) is 0. The van der Waals surface area contributed by atoms with Gasteiger partial charge in [0.25, 0.3) is 5.91 Å². The largest absolute Gasteiger partial charge is 0.335 e. The molecule has 4 rings (SSSR count). The van der Waals surface area contributed by atoms with E-state index in [2.05, 4.69) is 33.1 Å². The molecule has 5 nitrogen and oxygen atoms in total. The van der Waals surface area contributed by atoms with Gasteiger partial charge in [0.15, 0.2) is 0 Å². The molecule has 1 aromatic heterocycles. The Hall–Kier alpha value is -3.21. The van der Waals surface area contributed by atoms with E-state index in [4.69, 9.17) is 0 Å². The Bertz CT molecular complexity index is 940. The van der Waals surface area contributed by atoms with Gasteiger partial charge in [0.05, 0.1) is 5.56 Å². The van der Waals surface area contributed by atoms with E-state index >= 15 is 0 Å². The molecular weight excluding hydrogens is 348 g/mol. The van der Waals surface area contributed by atoms with Crippen LogP contribution in [-0.4, -0.2) is 33.9 Å². The number of benzene rings is 2. The molecule has 2 heterocycles. The number of carbonyl (C=O) groups is 1. The van der Waals surface area contributed by atoms with Crippen LogP contribution >= 0.6 is 0 Å². The SMILES string of the molecule is CCN(Cc1ccccc1)C(=O)c1cnc(N2CCCc3ccccc32)nc1. The molecule has 0 N–H and O–H groups in total. The Labute approximate surface area is 165 Å². The van der Waals surface area contributed by atoms with E-state index in [1.807, 2.05) is 48.2 Å². The van der Waals surface area contributed by atoms with Crippen LogP contribution in [0.15, 0.2) is 67.0 Å². The van der Waals surface area contributed by atoms with Crippen molar-refractivity contribution in [1.82, 2.24) is 14.9 Å². The summed E-state index contributed by atoms with van der Waals surface area (Å²) in [4.78, 5) is 25.9. The van der Waals surface area contributed by atoms with Crippen molar-refractivity contribution in [2.45, 2.75) is 26.3 Å². The normalized spacial score (nSPS) is 13.1. The molecule has 1 amide bonds. The molecule has 0 radical (unpaired) electrons. The first-order valence-corrected chi connectivity index (χ1v) is 9.77. The van der Waals surface area contributed by atoms with Crippen molar-refractivity contribution >= 4 is 17.5 Å². The Morgan fingerprint density at radius 2 is 1.75 bits per heavy atom. The number of anilines is 2. The zero-order valence-corrected chi connectivity index (χ0v) is 16.1. The topological polar surface area (TPSA) is 49.3 Å². The van der Waals surface area contributed by atoms with Crippen molar-refractivity contribution in [3.8, 4) is 0 Å². The summed E-state index contributed by atoms with van der Waals surface area (Å²) in [6.07, 6.45) is 5.45. The number of aromatic nitrogens is 2. The summed E-state index contributed by atoms with van der Waals surface area (Å²) in [6, 6.07) is 18.4. The first-order valence-electron chi connectivity index (χ1n) is 9.77. The van der Waals surface area contributed by atoms with Crippen LogP contribution in [0, 0.1) is 0 Å². The van der Waals surface area contributed by atoms with Crippen LogP contribution in [0.5, 0.6) is 0 Å². The first-order chi connectivity index (χ1) is 13.8. The Kier molecular flexibility index (Phi) is 5.33. The molecule has 0 aliphatic carbocycles. The second-order valence-corrected chi connectivity index (χ2v) is 6.96. The minimum absolute atomic E-state index is 0.0445. The quantitative estimate of drug-likeness (QED) is 0.673. The minimum atomic E-state index is -0.0445. The average molecular weight is 372 g/mol. The van der Waals surface area contributed by atoms with E-state index in [1.54, 1.807) is 12.4 Å². The van der Waals surface area contributed by atoms with Gasteiger partial charge in [-0.3, -0.25) is 4.79 Å². The molecule has 0 saturated heterocycles. The van der Waals surface area contributed by atoms with Crippen molar-refractivity contribution in [2.75, 3.05) is 18.0 Å². The zero-order valence-electron chi connectivity index (χ0n) is 16.1. The van der Waals surface area contributed by atoms with Crippen molar-refractivity contribution in [1.29, 1.82) is 0 Å². The number of carbonyl (C=O) groups excluding carboxylic acids is 1. The lowest BCUT2D eigenvalue weighted by Gasteiger charge is -2.29. The lowest BCUT2D eigenvalue weighted by Crippen LogP contribution is -2.31. The molecule has 0 fully saturated rings. The second-order valence-electron chi connectivity index (χ2n) is 6.96. The maximum atomic E-state index is 12.9. The molecule has 0 atom stereocenters. The highest BCUT2D eigenvalue weighted by molar-refractivity contribution is 5.93. The van der Waals surface area contributed by atoms with Crippen LogP contribution in [-0.2, 0) is 13.0 Å². The summed E-state index contributed by atoms with van der Waals surface area (Å²) >= 11 is 0. The average Bonchev–Trinajstić information content (AvgIpc) is 2.77. The molecule has 2 aromatic carbocycles. The Morgan fingerprint density at radius 3 is 2.50 bits per heavy atom. The molecule has 1 aliphatic rings. The van der Waals surface area contributed by atoms with Gasteiger partial charge in [-0.15, -0.1) is 0 Å². The highest BCUT2D eigenvalue weighted by atomic mass is 16.2. The maximum absolute atomic E-state index is 12.9. The molecule has 5 heteroatoms. The molecule has 0 unspecified atom stereocenters. The van der Waals surface area contributed by atoms with Gasteiger partial charge in [-0.2, -0.15) is 0 Å². The van der Waals surface area contributed by atoms with Crippen LogP contribution in [0.1, 0.15) is 34.8 Å². The number of rotatable bonds is 5. The van der Waals surface area contributed by atoms with E-state index in [0.717, 1.165) is 30.6 Å². The van der Waals surface area contributed by atoms with E-state index in [-0.39, 0.29) is 5.91 Å². The van der Waals surface area contributed by atoms with E-state index in [0.29, 0.717) is 24.6 Å². The number of amides is 1. The standard InChI is InChI=1S/C23H24N4O/c1-2-26(17-18-9-4-3-5-10-18)22(28)20-15-24-23(25-16-20)27-14-8-12-19-11-6-7-13-21(19)27/h3-7,9-11,13,15-16H,2,8,12,14,17H2,1H3. The monoisotopic (exact) mass is 372 g/mol. The zero-order chi connectivity index (χ0) is 19.3. The van der Waals surface area contributed by atoms with Gasteiger partial charge in [-0.25, -0.2) is 9.97 Å². The smallest absolute Gasteiger partial charge is 0.257 e. The minimum Gasteiger partial charge on any atom is -0.335 e. The number of hydrogen-bond donors (Lipinski definition) is 0. The lowest BCUT2D eigenvalue weighted by molar-refractivity contribution is 0.0751. The van der Waals surface area contributed by atoms with Gasteiger partial charge in [0.2, 0.25) is 5.95 Å². The fraction of sp³-hybridized carbons (Fsp3) is 0.261. The fourth-order valence-corrected chi connectivity index (χ4v) is 3.63. The Balaban J connectivity index is 1.52. The van der Waals surface area contributed by atoms with Crippen molar-refractivity contribution < 1.29 is 4.79 Å². The van der Waals surface area contributed by atoms with E-state index in [1.165, 1.54) is 5.56 Å². The number of hydrogen-bond acceptors (Lipinski definition) is 4. The number of aryl methyl sites for hydroxylation is 1. The predicted molar refractivity (Wildman–Crippen MR) is 111 cm³/mol. The molecule has 28 heavy (non-hydrogen) atoms. The van der Waals surface area contributed by atoms with E-state index in [9.17, 15) is 4.79 Å². The van der Waals surface area contributed by atoms with Crippen LogP contribution in [0.3, 0.4) is 0 Å². The molecule has 0 spiro atoms. The van der Waals surface area contributed by atoms with Crippen LogP contribution < -0.4 is 4.90 Å². The van der Waals surface area contributed by atoms with Gasteiger partial charge >= 0.3 is 0 Å². The maximum Gasteiger partial charge on any atom is 0.257 e. The first kappa shape index (κ1) is 18.2. The number of nitrogens with zero attached hydrogens (tertiary/aromatic N) is 4. The summed E-state index contributed by atoms with van der Waals surface area (Å²) in [5.41, 5.74) is 4.11. The highest BCUT2D eigenvalue weighted by Crippen LogP contribution is 2.31. The number of fused-ring (bicyclic) bond motifs is 1. The van der Waals surface area contributed by atoms with Crippen LogP contribution in [0.25, 0.3) is 0 Å². The molecular formula is C23H24N4O. The van der Waals surface area contributed by atoms with Crippen molar-refractivity contribution in [3.63, 3.8) is 0 Å². The second kappa shape index (κ2) is 8.21. The third-order valence-electron chi connectivity index (χ3n) is 5.12. The van der Waals surface area contributed by atoms with Gasteiger partial charge in [-0.1, -0.05) is 48.5 Å². The van der Waals surface area contributed by atoms with Crippen LogP contribution in [0.2, 0.25) is 0 Å². The molecule has 142 valence electrons. The molecule has 0 bridgehead atoms. The van der Waals surface area contributed by atoms with Gasteiger partial charge < -0.3 is 9.80 Å². The summed E-state index contributed by atoms with van der Waals surface area (Å²) in [6.45, 7) is 4.09. The summed E-state index contributed by atoms with van der Waals surface area (Å²) < 4.78 is 0. The Morgan fingerprint density at radius 1 is 1.04 bits per heavy atom. The predicted octanol–water partition coefficient (Wildman–Crippen LogP) is 4.22. The van der Waals surface area contributed by atoms with Gasteiger partial charge in [-0.05, 0) is 37.0 Å². The van der Waals surface area contributed by atoms with Crippen molar-refractivity contribution in [2.24, 2.45) is 0 Å². The van der Waals surface area contributed by atoms with Gasteiger partial charge in [0.1, 0.15) is 0 Å². The van der Waals surface area contributed by atoms with Crippen LogP contribution in [0.4, 0.5) is 11.6 Å². The molecule has 3 aromatic rings. The van der Waals surface area contributed by atoms with E-state index < -0.39 is 0 Å². The summed E-state index contributed by atoms with van der Waals surface area (Å²) in [7, 11) is 0. The number of para-hydroxylation sites is 1. The summed E-state index contributed by atoms with van der Waals surface area (Å²) in [5.74, 6) is 0.603. The lowest BCUT2D eigenvalue weighted by atomic mass is 10.0. The molecule has 1 aliphatic heterocycles. The third-order valence-corrected chi connectivity index (χ3v) is 5.12. The fourth-order valence-electron chi connectivity index (χ4n) is 3.63.